The molecule has 0 saturated heterocycles. The lowest BCUT2D eigenvalue weighted by molar-refractivity contribution is 0.191. The minimum atomic E-state index is -0.406. The van der Waals surface area contributed by atoms with Gasteiger partial charge in [0.1, 0.15) is 5.65 Å². The summed E-state index contributed by atoms with van der Waals surface area (Å²) in [6.45, 7) is 2.66. The van der Waals surface area contributed by atoms with Crippen LogP contribution in [0.2, 0.25) is 0 Å². The maximum absolute atomic E-state index is 11.7. The van der Waals surface area contributed by atoms with E-state index in [2.05, 4.69) is 10.3 Å². The van der Waals surface area contributed by atoms with Gasteiger partial charge in [0, 0.05) is 25.4 Å². The van der Waals surface area contributed by atoms with Gasteiger partial charge in [-0.1, -0.05) is 6.07 Å². The molecule has 5 nitrogen and oxygen atoms in total. The normalized spacial score (nSPS) is 12.8. The van der Waals surface area contributed by atoms with Crippen LogP contribution in [0.3, 0.4) is 0 Å². The van der Waals surface area contributed by atoms with E-state index in [1.807, 2.05) is 6.07 Å². The zero-order valence-electron chi connectivity index (χ0n) is 9.63. The number of pyridine rings is 1. The second-order valence-electron chi connectivity index (χ2n) is 3.99. The van der Waals surface area contributed by atoms with E-state index in [0.29, 0.717) is 24.4 Å². The first-order valence-corrected chi connectivity index (χ1v) is 5.53. The van der Waals surface area contributed by atoms with Gasteiger partial charge in [0.25, 0.3) is 5.56 Å². The quantitative estimate of drug-likeness (QED) is 0.789. The molecular weight excluding hydrogens is 218 g/mol. The lowest BCUT2D eigenvalue weighted by atomic mass is 10.3. The van der Waals surface area contributed by atoms with Crippen LogP contribution in [-0.2, 0) is 6.54 Å². The average Bonchev–Trinajstić information content (AvgIpc) is 2.28. The van der Waals surface area contributed by atoms with Gasteiger partial charge in [-0.25, -0.2) is 4.98 Å². The molecule has 0 spiro atoms. The third-order valence-electron chi connectivity index (χ3n) is 2.37. The summed E-state index contributed by atoms with van der Waals surface area (Å²) in [7, 11) is 0. The van der Waals surface area contributed by atoms with E-state index in [9.17, 15) is 4.79 Å². The number of hydrogen-bond acceptors (Lipinski definition) is 4. The van der Waals surface area contributed by atoms with Crippen LogP contribution in [0.15, 0.2) is 35.3 Å². The monoisotopic (exact) mass is 233 g/mol. The molecule has 0 fully saturated rings. The number of fused-ring (bicyclic) bond motifs is 1. The number of nitrogens with one attached hydrogen (secondary N) is 1. The molecule has 0 aliphatic heterocycles. The summed E-state index contributed by atoms with van der Waals surface area (Å²) >= 11 is 0. The second-order valence-corrected chi connectivity index (χ2v) is 3.99. The molecule has 5 heteroatoms. The van der Waals surface area contributed by atoms with Gasteiger partial charge in [-0.3, -0.25) is 9.20 Å². The molecule has 0 saturated carbocycles. The highest BCUT2D eigenvalue weighted by Crippen LogP contribution is 1.98. The van der Waals surface area contributed by atoms with Crippen LogP contribution in [0.4, 0.5) is 0 Å². The predicted molar refractivity (Wildman–Crippen MR) is 64.8 cm³/mol. The highest BCUT2D eigenvalue weighted by molar-refractivity contribution is 5.37. The molecule has 17 heavy (non-hydrogen) atoms. The third kappa shape index (κ3) is 2.89. The standard InChI is InChI=1S/C12H15N3O2/c1-9(16)7-13-8-10-6-12(17)15-5-3-2-4-11(15)14-10/h2-6,9,13,16H,7-8H2,1H3/t9-/m1/s1. The Kier molecular flexibility index (Phi) is 3.51. The maximum Gasteiger partial charge on any atom is 0.258 e. The molecule has 1 atom stereocenters. The fourth-order valence-corrected chi connectivity index (χ4v) is 1.60. The van der Waals surface area contributed by atoms with Crippen molar-refractivity contribution in [1.82, 2.24) is 14.7 Å². The van der Waals surface area contributed by atoms with Crippen LogP contribution in [0.5, 0.6) is 0 Å². The Morgan fingerprint density at radius 1 is 1.53 bits per heavy atom. The molecular formula is C12H15N3O2. The lowest BCUT2D eigenvalue weighted by Crippen LogP contribution is -2.25. The van der Waals surface area contributed by atoms with Crippen molar-refractivity contribution in [2.75, 3.05) is 6.54 Å². The Morgan fingerprint density at radius 3 is 3.12 bits per heavy atom. The lowest BCUT2D eigenvalue weighted by Gasteiger charge is -2.07. The number of aliphatic hydroxyl groups is 1. The molecule has 0 aromatic carbocycles. The summed E-state index contributed by atoms with van der Waals surface area (Å²) < 4.78 is 1.50. The van der Waals surface area contributed by atoms with Crippen LogP contribution in [0.25, 0.3) is 5.65 Å². The molecule has 0 amide bonds. The molecule has 90 valence electrons. The van der Waals surface area contributed by atoms with Gasteiger partial charge in [0.2, 0.25) is 0 Å². The van der Waals surface area contributed by atoms with Gasteiger partial charge in [-0.05, 0) is 19.1 Å². The van der Waals surface area contributed by atoms with Gasteiger partial charge >= 0.3 is 0 Å². The van der Waals surface area contributed by atoms with Crippen molar-refractivity contribution in [3.8, 4) is 0 Å². The van der Waals surface area contributed by atoms with Crippen molar-refractivity contribution in [3.05, 3.63) is 46.5 Å². The van der Waals surface area contributed by atoms with Crippen molar-refractivity contribution in [2.45, 2.75) is 19.6 Å². The molecule has 0 unspecified atom stereocenters. The maximum atomic E-state index is 11.7. The Bertz CT molecular complexity index is 563. The van der Waals surface area contributed by atoms with Gasteiger partial charge < -0.3 is 10.4 Å². The van der Waals surface area contributed by atoms with Crippen LogP contribution < -0.4 is 10.9 Å². The summed E-state index contributed by atoms with van der Waals surface area (Å²) in [6, 6.07) is 6.93. The molecule has 0 aliphatic carbocycles. The Hall–Kier alpha value is -1.72. The highest BCUT2D eigenvalue weighted by Gasteiger charge is 2.02. The first kappa shape index (κ1) is 11.8. The summed E-state index contributed by atoms with van der Waals surface area (Å²) in [6.07, 6.45) is 1.29. The van der Waals surface area contributed by atoms with Crippen LogP contribution in [0.1, 0.15) is 12.6 Å². The first-order valence-electron chi connectivity index (χ1n) is 5.53. The molecule has 0 bridgehead atoms. The SMILES string of the molecule is C[C@@H](O)CNCc1cc(=O)n2ccccc2n1. The molecule has 2 aromatic heterocycles. The zero-order valence-corrected chi connectivity index (χ0v) is 9.63. The Morgan fingerprint density at radius 2 is 2.35 bits per heavy atom. The fraction of sp³-hybridized carbons (Fsp3) is 0.333. The Labute approximate surface area is 98.7 Å². The molecule has 0 aliphatic rings. The van der Waals surface area contributed by atoms with Gasteiger partial charge in [0.15, 0.2) is 0 Å². The van der Waals surface area contributed by atoms with Gasteiger partial charge in [-0.2, -0.15) is 0 Å². The summed E-state index contributed by atoms with van der Waals surface area (Å²) in [5, 5.41) is 12.1. The second kappa shape index (κ2) is 5.07. The van der Waals surface area contributed by atoms with Gasteiger partial charge in [0.05, 0.1) is 11.8 Å². The van der Waals surface area contributed by atoms with Gasteiger partial charge in [-0.15, -0.1) is 0 Å². The molecule has 2 aromatic rings. The first-order chi connectivity index (χ1) is 8.16. The number of aliphatic hydroxyl groups excluding tert-OH is 1. The van der Waals surface area contributed by atoms with Crippen molar-refractivity contribution in [1.29, 1.82) is 0 Å². The molecule has 2 heterocycles. The summed E-state index contributed by atoms with van der Waals surface area (Å²) in [5.74, 6) is 0. The number of nitrogens with zero attached hydrogens (tertiary/aromatic N) is 2. The van der Waals surface area contributed by atoms with E-state index in [4.69, 9.17) is 5.11 Å². The van der Waals surface area contributed by atoms with Crippen LogP contribution in [-0.4, -0.2) is 27.1 Å². The van der Waals surface area contributed by atoms with E-state index in [1.165, 1.54) is 10.5 Å². The van der Waals surface area contributed by atoms with Crippen molar-refractivity contribution >= 4 is 5.65 Å². The number of aromatic nitrogens is 2. The van der Waals surface area contributed by atoms with E-state index >= 15 is 0 Å². The predicted octanol–water partition coefficient (Wildman–Crippen LogP) is 0.165. The van der Waals surface area contributed by atoms with Crippen molar-refractivity contribution < 1.29 is 5.11 Å². The largest absolute Gasteiger partial charge is 0.392 e. The topological polar surface area (TPSA) is 66.6 Å². The van der Waals surface area contributed by atoms with E-state index in [1.54, 1.807) is 25.3 Å². The van der Waals surface area contributed by atoms with E-state index in [-0.39, 0.29) is 5.56 Å². The number of hydrogen-bond donors (Lipinski definition) is 2. The summed E-state index contributed by atoms with van der Waals surface area (Å²) in [4.78, 5) is 16.1. The minimum absolute atomic E-state index is 0.0931. The van der Waals surface area contributed by atoms with Crippen LogP contribution >= 0.6 is 0 Å². The smallest absolute Gasteiger partial charge is 0.258 e. The van der Waals surface area contributed by atoms with Crippen molar-refractivity contribution in [2.24, 2.45) is 0 Å². The summed E-state index contributed by atoms with van der Waals surface area (Å²) in [5.41, 5.74) is 1.22. The number of rotatable bonds is 4. The Balaban J connectivity index is 2.22. The molecule has 2 rings (SSSR count). The van der Waals surface area contributed by atoms with Crippen molar-refractivity contribution in [3.63, 3.8) is 0 Å². The van der Waals surface area contributed by atoms with Crippen LogP contribution in [0, 0.1) is 0 Å². The molecule has 0 radical (unpaired) electrons. The highest BCUT2D eigenvalue weighted by atomic mass is 16.3. The molecule has 2 N–H and O–H groups in total. The van der Waals surface area contributed by atoms with E-state index < -0.39 is 6.10 Å². The third-order valence-corrected chi connectivity index (χ3v) is 2.37. The zero-order chi connectivity index (χ0) is 12.3. The average molecular weight is 233 g/mol. The fourth-order valence-electron chi connectivity index (χ4n) is 1.60. The minimum Gasteiger partial charge on any atom is -0.392 e. The van der Waals surface area contributed by atoms with E-state index in [0.717, 1.165) is 0 Å².